The van der Waals surface area contributed by atoms with Gasteiger partial charge in [0.25, 0.3) is 0 Å². The molecule has 0 bridgehead atoms. The molecule has 0 saturated carbocycles. The van der Waals surface area contributed by atoms with E-state index in [1.165, 1.54) is 17.7 Å². The first-order chi connectivity index (χ1) is 12.0. The lowest BCUT2D eigenvalue weighted by Crippen LogP contribution is -2.34. The maximum atomic E-state index is 13.0. The molecule has 2 N–H and O–H groups in total. The summed E-state index contributed by atoms with van der Waals surface area (Å²) < 4.78 is 0. The number of nitrogens with zero attached hydrogens (tertiary/aromatic N) is 2. The van der Waals surface area contributed by atoms with Crippen LogP contribution in [-0.2, 0) is 17.6 Å². The summed E-state index contributed by atoms with van der Waals surface area (Å²) in [6.45, 7) is 0.736. The topological polar surface area (TPSA) is 69.2 Å². The summed E-state index contributed by atoms with van der Waals surface area (Å²) in [5.41, 5.74) is 3.03. The number of fused-ring (bicyclic) bond motifs is 1. The van der Waals surface area contributed by atoms with Gasteiger partial charge in [-0.25, -0.2) is 0 Å². The van der Waals surface area contributed by atoms with Gasteiger partial charge < -0.3 is 10.0 Å². The Kier molecular flexibility index (Phi) is 4.38. The van der Waals surface area contributed by atoms with E-state index in [0.29, 0.717) is 16.5 Å². The molecule has 1 aliphatic carbocycles. The van der Waals surface area contributed by atoms with E-state index in [0.717, 1.165) is 43.5 Å². The fourth-order valence-electron chi connectivity index (χ4n) is 4.04. The maximum Gasteiger partial charge on any atom is 0.226 e. The van der Waals surface area contributed by atoms with Crippen LogP contribution in [0.3, 0.4) is 0 Å². The molecule has 2 heterocycles. The number of nitrogens with one attached hydrogen (secondary N) is 1. The van der Waals surface area contributed by atoms with Crippen LogP contribution in [0.15, 0.2) is 18.3 Å². The van der Waals surface area contributed by atoms with Gasteiger partial charge in [0.1, 0.15) is 5.75 Å². The Morgan fingerprint density at radius 1 is 1.28 bits per heavy atom. The van der Waals surface area contributed by atoms with Crippen molar-refractivity contribution in [2.24, 2.45) is 5.92 Å². The Morgan fingerprint density at radius 2 is 2.04 bits per heavy atom. The second-order valence-electron chi connectivity index (χ2n) is 6.83. The Labute approximate surface area is 155 Å². The lowest BCUT2D eigenvalue weighted by Gasteiger charge is -2.31. The highest BCUT2D eigenvalue weighted by Gasteiger charge is 2.39. The standard InChI is InChI=1S/C18H19Cl2N3O2/c19-14-7-12(24)8-15(20)13(14)6-10-4-5-23(18(10)25)16-3-1-2-11-9-21-22-17(11)16/h7-10,16,24H,1-6H2,(H,21,22). The van der Waals surface area contributed by atoms with Crippen molar-refractivity contribution in [2.75, 3.05) is 6.54 Å². The summed E-state index contributed by atoms with van der Waals surface area (Å²) in [7, 11) is 0. The molecule has 2 aromatic rings. The zero-order valence-electron chi connectivity index (χ0n) is 13.6. The minimum Gasteiger partial charge on any atom is -0.508 e. The predicted molar refractivity (Wildman–Crippen MR) is 95.9 cm³/mol. The Bertz CT molecular complexity index is 797. The molecule has 2 atom stereocenters. The van der Waals surface area contributed by atoms with Gasteiger partial charge in [0.2, 0.25) is 5.91 Å². The van der Waals surface area contributed by atoms with Gasteiger partial charge in [-0.3, -0.25) is 9.89 Å². The van der Waals surface area contributed by atoms with Gasteiger partial charge in [-0.2, -0.15) is 5.10 Å². The number of aromatic amines is 1. The highest BCUT2D eigenvalue weighted by Crippen LogP contribution is 2.39. The van der Waals surface area contributed by atoms with Crippen molar-refractivity contribution >= 4 is 29.1 Å². The number of phenols is 1. The minimum atomic E-state index is -0.132. The van der Waals surface area contributed by atoms with Crippen LogP contribution in [0, 0.1) is 5.92 Å². The highest BCUT2D eigenvalue weighted by molar-refractivity contribution is 6.36. The number of hydrogen-bond acceptors (Lipinski definition) is 3. The molecule has 7 heteroatoms. The van der Waals surface area contributed by atoms with E-state index in [9.17, 15) is 9.90 Å². The number of likely N-dealkylation sites (tertiary alicyclic amines) is 1. The molecule has 25 heavy (non-hydrogen) atoms. The minimum absolute atomic E-state index is 0.0344. The number of benzene rings is 1. The van der Waals surface area contributed by atoms with Crippen LogP contribution in [0.5, 0.6) is 5.75 Å². The van der Waals surface area contributed by atoms with Gasteiger partial charge >= 0.3 is 0 Å². The van der Waals surface area contributed by atoms with Crippen molar-refractivity contribution in [1.29, 1.82) is 0 Å². The van der Waals surface area contributed by atoms with Crippen molar-refractivity contribution in [2.45, 2.75) is 38.1 Å². The Hall–Kier alpha value is -1.72. The molecular formula is C18H19Cl2N3O2. The number of rotatable bonds is 3. The molecule has 132 valence electrons. The van der Waals surface area contributed by atoms with E-state index >= 15 is 0 Å². The van der Waals surface area contributed by atoms with Crippen molar-refractivity contribution in [3.8, 4) is 5.75 Å². The molecule has 1 aromatic heterocycles. The monoisotopic (exact) mass is 379 g/mol. The molecule has 0 radical (unpaired) electrons. The molecule has 1 aliphatic heterocycles. The zero-order valence-corrected chi connectivity index (χ0v) is 15.1. The second kappa shape index (κ2) is 6.54. The van der Waals surface area contributed by atoms with E-state index in [4.69, 9.17) is 23.2 Å². The van der Waals surface area contributed by atoms with Crippen molar-refractivity contribution < 1.29 is 9.90 Å². The number of aryl methyl sites for hydroxylation is 1. The van der Waals surface area contributed by atoms with Gasteiger partial charge in [-0.15, -0.1) is 0 Å². The van der Waals surface area contributed by atoms with Gasteiger partial charge in [0, 0.05) is 22.5 Å². The Morgan fingerprint density at radius 3 is 2.80 bits per heavy atom. The van der Waals surface area contributed by atoms with E-state index in [1.54, 1.807) is 0 Å². The summed E-state index contributed by atoms with van der Waals surface area (Å²) in [5.74, 6) is 0.0487. The van der Waals surface area contributed by atoms with Crippen LogP contribution >= 0.6 is 23.2 Å². The average Bonchev–Trinajstić information content (AvgIpc) is 3.17. The second-order valence-corrected chi connectivity index (χ2v) is 7.64. The third kappa shape index (κ3) is 3.00. The lowest BCUT2D eigenvalue weighted by atomic mass is 9.92. The molecular weight excluding hydrogens is 361 g/mol. The zero-order chi connectivity index (χ0) is 17.6. The first kappa shape index (κ1) is 16.7. The first-order valence-electron chi connectivity index (χ1n) is 8.54. The van der Waals surface area contributed by atoms with Crippen molar-refractivity contribution in [3.63, 3.8) is 0 Å². The van der Waals surface area contributed by atoms with Gasteiger partial charge in [-0.05, 0) is 55.4 Å². The number of carbonyl (C=O) groups is 1. The predicted octanol–water partition coefficient (Wildman–Crippen LogP) is 3.89. The highest BCUT2D eigenvalue weighted by atomic mass is 35.5. The molecule has 1 aromatic carbocycles. The van der Waals surface area contributed by atoms with Gasteiger partial charge in [-0.1, -0.05) is 23.2 Å². The number of carbonyl (C=O) groups excluding carboxylic acids is 1. The molecule has 1 saturated heterocycles. The Balaban J connectivity index is 1.54. The molecule has 4 rings (SSSR count). The molecule has 2 unspecified atom stereocenters. The molecule has 1 fully saturated rings. The largest absolute Gasteiger partial charge is 0.508 e. The molecule has 1 amide bonds. The van der Waals surface area contributed by atoms with Crippen LogP contribution in [0.1, 0.15) is 42.1 Å². The van der Waals surface area contributed by atoms with Gasteiger partial charge in [0.15, 0.2) is 0 Å². The first-order valence-corrected chi connectivity index (χ1v) is 9.29. The summed E-state index contributed by atoms with van der Waals surface area (Å²) in [6.07, 6.45) is 6.21. The smallest absolute Gasteiger partial charge is 0.226 e. The van der Waals surface area contributed by atoms with E-state index in [-0.39, 0.29) is 23.6 Å². The summed E-state index contributed by atoms with van der Waals surface area (Å²) in [6, 6.07) is 3.03. The van der Waals surface area contributed by atoms with E-state index < -0.39 is 0 Å². The van der Waals surface area contributed by atoms with Crippen LogP contribution in [0.25, 0.3) is 0 Å². The van der Waals surface area contributed by atoms with Crippen LogP contribution in [0.2, 0.25) is 10.0 Å². The number of hydrogen-bond donors (Lipinski definition) is 2. The number of aromatic nitrogens is 2. The molecule has 0 spiro atoms. The fourth-order valence-corrected chi connectivity index (χ4v) is 4.67. The summed E-state index contributed by atoms with van der Waals surface area (Å²) in [5, 5.41) is 17.6. The number of aromatic hydroxyl groups is 1. The fraction of sp³-hybridized carbons (Fsp3) is 0.444. The maximum absolute atomic E-state index is 13.0. The number of phenolic OH excluding ortho intramolecular Hbond substituents is 1. The van der Waals surface area contributed by atoms with Crippen LogP contribution in [0.4, 0.5) is 0 Å². The number of amides is 1. The van der Waals surface area contributed by atoms with Crippen LogP contribution in [-0.4, -0.2) is 32.7 Å². The van der Waals surface area contributed by atoms with Gasteiger partial charge in [0.05, 0.1) is 17.9 Å². The average molecular weight is 380 g/mol. The number of H-pyrrole nitrogens is 1. The normalized spacial score (nSPS) is 23.1. The quantitative estimate of drug-likeness (QED) is 0.849. The molecule has 5 nitrogen and oxygen atoms in total. The van der Waals surface area contributed by atoms with Crippen molar-refractivity contribution in [1.82, 2.24) is 15.1 Å². The number of halogens is 2. The third-order valence-corrected chi connectivity index (χ3v) is 5.99. The van der Waals surface area contributed by atoms with Crippen molar-refractivity contribution in [3.05, 3.63) is 45.2 Å². The summed E-state index contributed by atoms with van der Waals surface area (Å²) in [4.78, 5) is 15.0. The van der Waals surface area contributed by atoms with E-state index in [1.807, 2.05) is 11.1 Å². The lowest BCUT2D eigenvalue weighted by molar-refractivity contribution is -0.133. The summed E-state index contributed by atoms with van der Waals surface area (Å²) >= 11 is 12.4. The third-order valence-electron chi connectivity index (χ3n) is 5.31. The van der Waals surface area contributed by atoms with E-state index in [2.05, 4.69) is 10.2 Å². The SMILES string of the molecule is O=C1C(Cc2c(Cl)cc(O)cc2Cl)CCN1C1CCCc2cn[nH]c21. The molecule has 2 aliphatic rings. The van der Waals surface area contributed by atoms with Crippen LogP contribution < -0.4 is 0 Å².